The third-order valence-corrected chi connectivity index (χ3v) is 6.64. The van der Waals surface area contributed by atoms with Crippen molar-refractivity contribution in [2.75, 3.05) is 24.2 Å². The van der Waals surface area contributed by atoms with Crippen molar-refractivity contribution < 1.29 is 22.4 Å². The summed E-state index contributed by atoms with van der Waals surface area (Å²) in [6.07, 6.45) is 1.24. The lowest BCUT2D eigenvalue weighted by molar-refractivity contribution is -0.140. The maximum absolute atomic E-state index is 13.3. The number of hydrogen-bond donors (Lipinski definition) is 1. The molecule has 11 heteroatoms. The Kier molecular flexibility index (Phi) is 8.89. The molecule has 174 valence electrons. The van der Waals surface area contributed by atoms with E-state index in [-0.39, 0.29) is 17.3 Å². The van der Waals surface area contributed by atoms with Crippen molar-refractivity contribution >= 4 is 50.7 Å². The Labute approximate surface area is 197 Å². The summed E-state index contributed by atoms with van der Waals surface area (Å²) < 4.78 is 39.0. The quantitative estimate of drug-likeness (QED) is 0.567. The molecule has 0 radical (unpaired) electrons. The number of likely N-dealkylation sites (N-methyl/N-ethyl adjacent to an activating group) is 1. The second-order valence-corrected chi connectivity index (χ2v) is 9.78. The zero-order chi connectivity index (χ0) is 24.1. The van der Waals surface area contributed by atoms with Crippen LogP contribution in [0.5, 0.6) is 0 Å². The van der Waals surface area contributed by atoms with Crippen LogP contribution in [-0.2, 0) is 26.2 Å². The number of nitrogens with one attached hydrogen (secondary N) is 1. The fourth-order valence-corrected chi connectivity index (χ4v) is 4.31. The highest BCUT2D eigenvalue weighted by Crippen LogP contribution is 2.25. The summed E-state index contributed by atoms with van der Waals surface area (Å²) in [6.45, 7) is 1.17. The molecule has 7 nitrogen and oxygen atoms in total. The zero-order valence-electron chi connectivity index (χ0n) is 17.8. The molecule has 2 aromatic carbocycles. The van der Waals surface area contributed by atoms with Crippen molar-refractivity contribution in [1.29, 1.82) is 0 Å². The zero-order valence-corrected chi connectivity index (χ0v) is 20.1. The van der Waals surface area contributed by atoms with Crippen LogP contribution in [0.15, 0.2) is 42.5 Å². The third-order valence-electron chi connectivity index (χ3n) is 4.76. The minimum Gasteiger partial charge on any atom is -0.357 e. The molecule has 2 amide bonds. The molecule has 2 aromatic rings. The van der Waals surface area contributed by atoms with Crippen LogP contribution in [0.4, 0.5) is 10.1 Å². The van der Waals surface area contributed by atoms with Gasteiger partial charge in [0.25, 0.3) is 0 Å². The lowest BCUT2D eigenvalue weighted by Crippen LogP contribution is -2.51. The van der Waals surface area contributed by atoms with Crippen LogP contribution < -0.4 is 9.62 Å². The first kappa shape index (κ1) is 25.9. The fourth-order valence-electron chi connectivity index (χ4n) is 3.14. The van der Waals surface area contributed by atoms with E-state index in [4.69, 9.17) is 23.2 Å². The van der Waals surface area contributed by atoms with Gasteiger partial charge in [-0.2, -0.15) is 0 Å². The van der Waals surface area contributed by atoms with E-state index in [1.807, 2.05) is 0 Å². The number of nitrogens with zero attached hydrogens (tertiary/aromatic N) is 2. The van der Waals surface area contributed by atoms with Crippen LogP contribution >= 0.6 is 23.2 Å². The summed E-state index contributed by atoms with van der Waals surface area (Å²) >= 11 is 12.0. The lowest BCUT2D eigenvalue weighted by atomic mass is 10.1. The lowest BCUT2D eigenvalue weighted by Gasteiger charge is -2.32. The van der Waals surface area contributed by atoms with Gasteiger partial charge in [-0.05, 0) is 48.4 Å². The van der Waals surface area contributed by atoms with E-state index >= 15 is 0 Å². The number of hydrogen-bond acceptors (Lipinski definition) is 4. The second kappa shape index (κ2) is 11.0. The third kappa shape index (κ3) is 6.57. The van der Waals surface area contributed by atoms with Gasteiger partial charge in [-0.3, -0.25) is 13.9 Å². The second-order valence-electron chi connectivity index (χ2n) is 7.05. The van der Waals surface area contributed by atoms with Gasteiger partial charge >= 0.3 is 0 Å². The number of carbonyl (C=O) groups is 2. The standard InChI is InChI=1S/C21H24Cl2FN3O4S/c1-4-19(21(29)25-2)26(12-14-5-10-17(22)18(23)11-14)20(28)13-27(32(3,30)31)16-8-6-15(24)7-9-16/h5-11,19H,4,12-13H2,1-3H3,(H,25,29)/t19-/m1/s1. The van der Waals surface area contributed by atoms with Crippen LogP contribution in [0.3, 0.4) is 0 Å². The summed E-state index contributed by atoms with van der Waals surface area (Å²) in [7, 11) is -2.43. The molecule has 0 bridgehead atoms. The first-order valence-electron chi connectivity index (χ1n) is 9.66. The van der Waals surface area contributed by atoms with Gasteiger partial charge in [-0.15, -0.1) is 0 Å². The highest BCUT2D eigenvalue weighted by atomic mass is 35.5. The highest BCUT2D eigenvalue weighted by molar-refractivity contribution is 7.92. The Morgan fingerprint density at radius 3 is 2.22 bits per heavy atom. The molecule has 0 saturated heterocycles. The molecule has 32 heavy (non-hydrogen) atoms. The molecule has 1 atom stereocenters. The van der Waals surface area contributed by atoms with E-state index in [2.05, 4.69) is 5.32 Å². The van der Waals surface area contributed by atoms with Crippen LogP contribution in [-0.4, -0.2) is 51.0 Å². The first-order chi connectivity index (χ1) is 15.0. The van der Waals surface area contributed by atoms with E-state index in [1.54, 1.807) is 25.1 Å². The van der Waals surface area contributed by atoms with Gasteiger partial charge < -0.3 is 10.2 Å². The van der Waals surface area contributed by atoms with Crippen LogP contribution in [0.1, 0.15) is 18.9 Å². The van der Waals surface area contributed by atoms with E-state index in [9.17, 15) is 22.4 Å². The summed E-state index contributed by atoms with van der Waals surface area (Å²) in [5.41, 5.74) is 0.743. The Morgan fingerprint density at radius 2 is 1.72 bits per heavy atom. The Balaban J connectivity index is 2.43. The molecule has 2 rings (SSSR count). The van der Waals surface area contributed by atoms with Crippen LogP contribution in [0, 0.1) is 5.82 Å². The fraction of sp³-hybridized carbons (Fsp3) is 0.333. The smallest absolute Gasteiger partial charge is 0.244 e. The monoisotopic (exact) mass is 503 g/mol. The number of carbonyl (C=O) groups excluding carboxylic acids is 2. The molecule has 0 fully saturated rings. The molecule has 0 heterocycles. The predicted molar refractivity (Wildman–Crippen MR) is 124 cm³/mol. The predicted octanol–water partition coefficient (Wildman–Crippen LogP) is 3.45. The topological polar surface area (TPSA) is 86.8 Å². The molecular weight excluding hydrogens is 480 g/mol. The Hall–Kier alpha value is -2.36. The van der Waals surface area contributed by atoms with E-state index in [1.165, 1.54) is 24.1 Å². The van der Waals surface area contributed by atoms with Crippen molar-refractivity contribution in [3.05, 3.63) is 63.9 Å². The molecule has 0 unspecified atom stereocenters. The number of rotatable bonds is 9. The largest absolute Gasteiger partial charge is 0.357 e. The van der Waals surface area contributed by atoms with Crippen molar-refractivity contribution in [2.45, 2.75) is 25.9 Å². The van der Waals surface area contributed by atoms with E-state index < -0.39 is 40.2 Å². The number of sulfonamides is 1. The number of benzene rings is 2. The van der Waals surface area contributed by atoms with Gasteiger partial charge in [0.2, 0.25) is 21.8 Å². The number of anilines is 1. The molecule has 0 aromatic heterocycles. The van der Waals surface area contributed by atoms with Crippen molar-refractivity contribution in [1.82, 2.24) is 10.2 Å². The summed E-state index contributed by atoms with van der Waals surface area (Å²) in [6, 6.07) is 8.71. The van der Waals surface area contributed by atoms with Gasteiger partial charge in [0.05, 0.1) is 22.0 Å². The number of halogens is 3. The minimum absolute atomic E-state index is 0.00265. The maximum Gasteiger partial charge on any atom is 0.244 e. The normalized spacial score (nSPS) is 12.2. The van der Waals surface area contributed by atoms with Crippen molar-refractivity contribution in [2.24, 2.45) is 0 Å². The molecule has 0 spiro atoms. The van der Waals surface area contributed by atoms with Crippen LogP contribution in [0.25, 0.3) is 0 Å². The van der Waals surface area contributed by atoms with E-state index in [0.29, 0.717) is 17.0 Å². The van der Waals surface area contributed by atoms with Gasteiger partial charge in [0, 0.05) is 13.6 Å². The first-order valence-corrected chi connectivity index (χ1v) is 12.3. The molecule has 1 N–H and O–H groups in total. The van der Waals surface area contributed by atoms with Gasteiger partial charge in [0.15, 0.2) is 0 Å². The highest BCUT2D eigenvalue weighted by Gasteiger charge is 2.31. The molecule has 0 aliphatic carbocycles. The summed E-state index contributed by atoms with van der Waals surface area (Å²) in [4.78, 5) is 27.1. The average molecular weight is 504 g/mol. The summed E-state index contributed by atoms with van der Waals surface area (Å²) in [5.74, 6) is -1.55. The molecule has 0 aliphatic rings. The Bertz CT molecular complexity index is 1080. The van der Waals surface area contributed by atoms with Crippen molar-refractivity contribution in [3.8, 4) is 0 Å². The molecule has 0 aliphatic heterocycles. The SMILES string of the molecule is CC[C@H](C(=O)NC)N(Cc1ccc(Cl)c(Cl)c1)C(=O)CN(c1ccc(F)cc1)S(C)(=O)=O. The van der Waals surface area contributed by atoms with Gasteiger partial charge in [-0.1, -0.05) is 36.2 Å². The molecule has 0 saturated carbocycles. The van der Waals surface area contributed by atoms with Crippen LogP contribution in [0.2, 0.25) is 10.0 Å². The Morgan fingerprint density at radius 1 is 1.09 bits per heavy atom. The van der Waals surface area contributed by atoms with Crippen molar-refractivity contribution in [3.63, 3.8) is 0 Å². The molecular formula is C21H24Cl2FN3O4S. The maximum atomic E-state index is 13.3. The minimum atomic E-state index is -3.88. The summed E-state index contributed by atoms with van der Waals surface area (Å²) in [5, 5.41) is 3.15. The average Bonchev–Trinajstić information content (AvgIpc) is 2.74. The van der Waals surface area contributed by atoms with Gasteiger partial charge in [-0.25, -0.2) is 12.8 Å². The van der Waals surface area contributed by atoms with Gasteiger partial charge in [0.1, 0.15) is 18.4 Å². The van der Waals surface area contributed by atoms with E-state index in [0.717, 1.165) is 22.7 Å². The number of amides is 2.